The first-order valence-electron chi connectivity index (χ1n) is 11.0. The van der Waals surface area contributed by atoms with Gasteiger partial charge in [-0.15, -0.1) is 0 Å². The first-order chi connectivity index (χ1) is 15.1. The molecule has 178 valence electrons. The first kappa shape index (κ1) is 24.4. The number of hydrogen-bond acceptors (Lipinski definition) is 9. The summed E-state index contributed by atoms with van der Waals surface area (Å²) >= 11 is 0. The van der Waals surface area contributed by atoms with Crippen molar-refractivity contribution < 1.29 is 23.1 Å². The highest BCUT2D eigenvalue weighted by Gasteiger charge is 2.37. The lowest BCUT2D eigenvalue weighted by Crippen LogP contribution is -2.42. The van der Waals surface area contributed by atoms with Crippen LogP contribution in [0.2, 0.25) is 0 Å². The Morgan fingerprint density at radius 2 is 2.06 bits per heavy atom. The van der Waals surface area contributed by atoms with E-state index in [1.165, 1.54) is 16.6 Å². The maximum absolute atomic E-state index is 11.7. The highest BCUT2D eigenvalue weighted by molar-refractivity contribution is 7.88. The zero-order chi connectivity index (χ0) is 23.4. The van der Waals surface area contributed by atoms with Gasteiger partial charge in [0, 0.05) is 37.0 Å². The molecule has 1 saturated carbocycles. The molecule has 0 unspecified atom stereocenters. The van der Waals surface area contributed by atoms with Crippen LogP contribution in [0.25, 0.3) is 6.08 Å². The summed E-state index contributed by atoms with van der Waals surface area (Å²) in [7, 11) is -3.18. The monoisotopic (exact) mass is 467 g/mol. The van der Waals surface area contributed by atoms with Crippen LogP contribution in [0.1, 0.15) is 51.5 Å². The van der Waals surface area contributed by atoms with Gasteiger partial charge in [-0.1, -0.05) is 0 Å². The summed E-state index contributed by atoms with van der Waals surface area (Å²) < 4.78 is 29.8. The van der Waals surface area contributed by atoms with Crippen LogP contribution in [0.5, 0.6) is 0 Å². The van der Waals surface area contributed by atoms with E-state index >= 15 is 0 Å². The third kappa shape index (κ3) is 6.39. The van der Waals surface area contributed by atoms with Crippen LogP contribution in [0.4, 0.5) is 11.8 Å². The molecule has 3 N–H and O–H groups in total. The summed E-state index contributed by atoms with van der Waals surface area (Å²) in [6, 6.07) is -0.116. The average molecular weight is 468 g/mol. The molecule has 10 nitrogen and oxygen atoms in total. The van der Waals surface area contributed by atoms with E-state index in [0.29, 0.717) is 49.7 Å². The molecule has 11 heteroatoms. The Hall–Kier alpha value is -2.24. The molecule has 0 bridgehead atoms. The number of esters is 1. The van der Waals surface area contributed by atoms with Crippen LogP contribution >= 0.6 is 0 Å². The quantitative estimate of drug-likeness (QED) is 0.385. The lowest BCUT2D eigenvalue weighted by Gasteiger charge is -2.31. The summed E-state index contributed by atoms with van der Waals surface area (Å²) in [6.45, 7) is 4.74. The van der Waals surface area contributed by atoms with E-state index in [1.54, 1.807) is 19.2 Å². The van der Waals surface area contributed by atoms with Crippen LogP contribution in [-0.2, 0) is 19.6 Å². The molecule has 1 saturated heterocycles. The number of carbonyl (C=O) groups is 1. The van der Waals surface area contributed by atoms with Gasteiger partial charge in [0.2, 0.25) is 16.0 Å². The van der Waals surface area contributed by atoms with Gasteiger partial charge in [0.15, 0.2) is 0 Å². The van der Waals surface area contributed by atoms with Crippen molar-refractivity contribution in [3.05, 3.63) is 17.8 Å². The summed E-state index contributed by atoms with van der Waals surface area (Å²) in [5.74, 6) is 0.478. The third-order valence-electron chi connectivity index (χ3n) is 6.00. The number of carbonyl (C=O) groups excluding carboxylic acids is 1. The minimum Gasteiger partial charge on any atom is -0.463 e. The van der Waals surface area contributed by atoms with E-state index in [0.717, 1.165) is 12.8 Å². The second-order valence-corrected chi connectivity index (χ2v) is 10.6. The van der Waals surface area contributed by atoms with Crippen LogP contribution in [0.3, 0.4) is 0 Å². The third-order valence-corrected chi connectivity index (χ3v) is 7.30. The highest BCUT2D eigenvalue weighted by atomic mass is 32.2. The fraction of sp³-hybridized carbons (Fsp3) is 0.667. The van der Waals surface area contributed by atoms with Gasteiger partial charge in [0.1, 0.15) is 5.82 Å². The number of aromatic nitrogens is 2. The summed E-state index contributed by atoms with van der Waals surface area (Å²) in [5, 5.41) is 17.3. The number of nitrogens with one attached hydrogen (secondary N) is 2. The number of rotatable bonds is 8. The van der Waals surface area contributed by atoms with Crippen molar-refractivity contribution in [3.63, 3.8) is 0 Å². The second kappa shape index (κ2) is 10.1. The summed E-state index contributed by atoms with van der Waals surface area (Å²) in [4.78, 5) is 20.7. The topological polar surface area (TPSA) is 134 Å². The molecule has 2 atom stereocenters. The summed E-state index contributed by atoms with van der Waals surface area (Å²) in [6.07, 6.45) is 9.49. The zero-order valence-electron chi connectivity index (χ0n) is 18.9. The highest BCUT2D eigenvalue weighted by Crippen LogP contribution is 2.32. The second-order valence-electron chi connectivity index (χ2n) is 8.61. The van der Waals surface area contributed by atoms with E-state index in [1.807, 2.05) is 6.92 Å². The predicted molar refractivity (Wildman–Crippen MR) is 123 cm³/mol. The van der Waals surface area contributed by atoms with Crippen LogP contribution in [-0.4, -0.2) is 77.4 Å². The van der Waals surface area contributed by atoms with E-state index in [2.05, 4.69) is 20.6 Å². The van der Waals surface area contributed by atoms with Gasteiger partial charge in [0.05, 0.1) is 24.5 Å². The largest absolute Gasteiger partial charge is 0.463 e. The Balaban J connectivity index is 1.75. The maximum Gasteiger partial charge on any atom is 0.330 e. The molecule has 2 heterocycles. The van der Waals surface area contributed by atoms with Crippen molar-refractivity contribution in [2.24, 2.45) is 0 Å². The van der Waals surface area contributed by atoms with Crippen molar-refractivity contribution in [2.45, 2.75) is 63.6 Å². The van der Waals surface area contributed by atoms with Crippen LogP contribution < -0.4 is 10.6 Å². The molecule has 0 radical (unpaired) electrons. The normalized spacial score (nSPS) is 25.2. The Bertz CT molecular complexity index is 942. The molecular formula is C21H33N5O5S. The molecule has 0 aromatic carbocycles. The SMILES string of the molecule is CCOC(=O)/C=C/c1cnc(NC2CCN(S(C)(=O)=O)CC2)nc1N[C@@H]1CCC[C@@]1(C)O. The number of ether oxygens (including phenoxy) is 1. The van der Waals surface area contributed by atoms with E-state index in [-0.39, 0.29) is 18.7 Å². The van der Waals surface area contributed by atoms with Gasteiger partial charge < -0.3 is 20.5 Å². The molecule has 2 fully saturated rings. The van der Waals surface area contributed by atoms with E-state index in [9.17, 15) is 18.3 Å². The molecule has 1 aromatic rings. The Kier molecular flexibility index (Phi) is 7.73. The Morgan fingerprint density at radius 1 is 1.34 bits per heavy atom. The lowest BCUT2D eigenvalue weighted by molar-refractivity contribution is -0.137. The molecule has 32 heavy (non-hydrogen) atoms. The van der Waals surface area contributed by atoms with Gasteiger partial charge >= 0.3 is 5.97 Å². The number of nitrogens with zero attached hydrogens (tertiary/aromatic N) is 3. The van der Waals surface area contributed by atoms with Crippen LogP contribution in [0.15, 0.2) is 12.3 Å². The van der Waals surface area contributed by atoms with E-state index < -0.39 is 21.6 Å². The molecular weight excluding hydrogens is 434 g/mol. The first-order valence-corrected chi connectivity index (χ1v) is 12.9. The number of anilines is 2. The average Bonchev–Trinajstić information content (AvgIpc) is 3.05. The van der Waals surface area contributed by atoms with Gasteiger partial charge in [-0.2, -0.15) is 4.98 Å². The Labute approximate surface area is 189 Å². The molecule has 1 aliphatic carbocycles. The van der Waals surface area contributed by atoms with E-state index in [4.69, 9.17) is 4.74 Å². The summed E-state index contributed by atoms with van der Waals surface area (Å²) in [5.41, 5.74) is -0.239. The molecule has 0 amide bonds. The maximum atomic E-state index is 11.7. The number of piperidine rings is 1. The van der Waals surface area contributed by atoms with Gasteiger partial charge in [-0.05, 0) is 52.0 Å². The zero-order valence-corrected chi connectivity index (χ0v) is 19.7. The van der Waals surface area contributed by atoms with Gasteiger partial charge in [-0.3, -0.25) is 0 Å². The predicted octanol–water partition coefficient (Wildman–Crippen LogP) is 1.60. The molecule has 1 aromatic heterocycles. The van der Waals surface area contributed by atoms with Crippen molar-refractivity contribution in [1.82, 2.24) is 14.3 Å². The molecule has 0 spiro atoms. The van der Waals surface area contributed by atoms with Crippen molar-refractivity contribution >= 4 is 33.8 Å². The van der Waals surface area contributed by atoms with Gasteiger partial charge in [-0.25, -0.2) is 22.5 Å². The lowest BCUT2D eigenvalue weighted by atomic mass is 10.0. The fourth-order valence-corrected chi connectivity index (χ4v) is 4.98. The van der Waals surface area contributed by atoms with Gasteiger partial charge in [0.25, 0.3) is 0 Å². The molecule has 1 aliphatic heterocycles. The minimum absolute atomic E-state index is 0.0522. The molecule has 3 rings (SSSR count). The standard InChI is InChI=1S/C21H33N5O5S/c1-4-31-18(27)8-7-15-14-22-20(23-16-9-12-26(13-10-16)32(3,29)30)25-19(15)24-17-6-5-11-21(17,2)28/h7-8,14,16-17,28H,4-6,9-13H2,1-3H3,(H2,22,23,24,25)/b8-7+/t17-,21-/m1/s1. The van der Waals surface area contributed by atoms with Crippen molar-refractivity contribution in [3.8, 4) is 0 Å². The van der Waals surface area contributed by atoms with Crippen LogP contribution in [0, 0.1) is 0 Å². The smallest absolute Gasteiger partial charge is 0.330 e. The number of hydrogen-bond donors (Lipinski definition) is 3. The minimum atomic E-state index is -3.18. The Morgan fingerprint density at radius 3 is 2.66 bits per heavy atom. The fourth-order valence-electron chi connectivity index (χ4n) is 4.10. The van der Waals surface area contributed by atoms with Crippen molar-refractivity contribution in [1.29, 1.82) is 0 Å². The number of sulfonamides is 1. The number of aliphatic hydroxyl groups is 1. The molecule has 2 aliphatic rings. The van der Waals surface area contributed by atoms with Crippen molar-refractivity contribution in [2.75, 3.05) is 36.6 Å².